The van der Waals surface area contributed by atoms with Crippen molar-refractivity contribution < 1.29 is 30.6 Å². The molecule has 0 aliphatic heterocycles. The Morgan fingerprint density at radius 3 is 1.19 bits per heavy atom. The number of aliphatic hydroxyl groups is 6. The summed E-state index contributed by atoms with van der Waals surface area (Å²) in [7, 11) is 0. The second-order valence-corrected chi connectivity index (χ2v) is 5.83. The molecule has 0 saturated heterocycles. The van der Waals surface area contributed by atoms with Gasteiger partial charge in [-0.2, -0.15) is 0 Å². The molecule has 0 bridgehead atoms. The predicted octanol–water partition coefficient (Wildman–Crippen LogP) is 1.63. The van der Waals surface area contributed by atoms with Crippen LogP contribution in [-0.4, -0.2) is 55.1 Å². The summed E-state index contributed by atoms with van der Waals surface area (Å²) in [4.78, 5) is 0. The lowest BCUT2D eigenvalue weighted by Crippen LogP contribution is -2.45. The fourth-order valence-corrected chi connectivity index (χ4v) is 2.33. The van der Waals surface area contributed by atoms with E-state index in [9.17, 15) is 30.6 Å². The predicted molar refractivity (Wildman–Crippen MR) is 98.1 cm³/mol. The molecule has 0 saturated carbocycles. The third-order valence-electron chi connectivity index (χ3n) is 3.83. The minimum Gasteiger partial charge on any atom is -0.509 e. The summed E-state index contributed by atoms with van der Waals surface area (Å²) >= 11 is 0. The van der Waals surface area contributed by atoms with E-state index in [0.717, 1.165) is 0 Å². The normalized spacial score (nSPS) is 17.4. The summed E-state index contributed by atoms with van der Waals surface area (Å²) in [6.07, 6.45) is -5.07. The Bertz CT molecular complexity index is 676. The van der Waals surface area contributed by atoms with Crippen LogP contribution in [0.3, 0.4) is 0 Å². The third-order valence-corrected chi connectivity index (χ3v) is 3.83. The van der Waals surface area contributed by atoms with Crippen LogP contribution in [0.25, 0.3) is 12.2 Å². The first kappa shape index (κ1) is 19.7. The molecule has 2 aromatic rings. The summed E-state index contributed by atoms with van der Waals surface area (Å²) in [5.74, 6) is -1.16. The van der Waals surface area contributed by atoms with Crippen LogP contribution >= 0.6 is 0 Å². The van der Waals surface area contributed by atoms with E-state index < -0.39 is 35.9 Å². The van der Waals surface area contributed by atoms with Gasteiger partial charge < -0.3 is 30.6 Å². The van der Waals surface area contributed by atoms with Gasteiger partial charge in [0.25, 0.3) is 0 Å². The minimum absolute atomic E-state index is 0.582. The van der Waals surface area contributed by atoms with Gasteiger partial charge in [-0.3, -0.25) is 0 Å². The van der Waals surface area contributed by atoms with Crippen molar-refractivity contribution in [3.63, 3.8) is 0 Å². The van der Waals surface area contributed by atoms with Crippen molar-refractivity contribution in [2.45, 2.75) is 24.4 Å². The lowest BCUT2D eigenvalue weighted by molar-refractivity contribution is -0.0996. The van der Waals surface area contributed by atoms with E-state index in [4.69, 9.17) is 0 Å². The fourth-order valence-electron chi connectivity index (χ4n) is 2.33. The van der Waals surface area contributed by atoms with E-state index in [2.05, 4.69) is 0 Å². The molecule has 0 radical (unpaired) electrons. The van der Waals surface area contributed by atoms with Gasteiger partial charge in [0.15, 0.2) is 0 Å². The van der Waals surface area contributed by atoms with Crippen LogP contribution in [0.15, 0.2) is 72.2 Å². The molecule has 138 valence electrons. The molecule has 4 atom stereocenters. The second-order valence-electron chi connectivity index (χ2n) is 5.83. The smallest absolute Gasteiger partial charge is 0.139 e. The van der Waals surface area contributed by atoms with E-state index in [1.807, 2.05) is 0 Å². The van der Waals surface area contributed by atoms with Crippen molar-refractivity contribution in [1.82, 2.24) is 0 Å². The van der Waals surface area contributed by atoms with Gasteiger partial charge in [0.2, 0.25) is 0 Å². The first-order chi connectivity index (χ1) is 12.4. The van der Waals surface area contributed by atoms with Crippen LogP contribution in [-0.2, 0) is 0 Å². The summed E-state index contributed by atoms with van der Waals surface area (Å²) in [6, 6.07) is 17.2. The topological polar surface area (TPSA) is 121 Å². The first-order valence-corrected chi connectivity index (χ1v) is 8.03. The van der Waals surface area contributed by atoms with Crippen molar-refractivity contribution in [1.29, 1.82) is 0 Å². The van der Waals surface area contributed by atoms with Crippen LogP contribution in [0.5, 0.6) is 0 Å². The van der Waals surface area contributed by atoms with Gasteiger partial charge in [-0.25, -0.2) is 0 Å². The van der Waals surface area contributed by atoms with E-state index in [1.54, 1.807) is 60.7 Å². The van der Waals surface area contributed by atoms with Gasteiger partial charge in [-0.05, 0) is 23.3 Å². The lowest BCUT2D eigenvalue weighted by atomic mass is 9.99. The average molecular weight is 358 g/mol. The molecule has 0 fully saturated rings. The molecule has 0 aliphatic carbocycles. The molecular weight excluding hydrogens is 336 g/mol. The van der Waals surface area contributed by atoms with Crippen LogP contribution in [0, 0.1) is 0 Å². The van der Waals surface area contributed by atoms with Crippen molar-refractivity contribution in [3.05, 3.63) is 83.3 Å². The standard InChI is InChI=1S/C20H22O6/c21-15(11-13-7-3-1-4-8-13)17(23)19(25)20(26)18(24)16(22)12-14-9-5-2-6-10-14/h1-12,17-26H/b15-11-,16-12+/t17-,18+,19+,20+/m0/s1. The Hall–Kier alpha value is -2.64. The summed E-state index contributed by atoms with van der Waals surface area (Å²) in [6.45, 7) is 0. The van der Waals surface area contributed by atoms with E-state index >= 15 is 0 Å². The SMILES string of the molecule is O/C(=C\c1ccccc1)[C@H](O)[C@@H](O)[C@H](O)[C@H](O)/C(O)=C\c1ccccc1. The number of rotatable bonds is 7. The zero-order valence-electron chi connectivity index (χ0n) is 13.9. The summed E-state index contributed by atoms with van der Waals surface area (Å²) < 4.78 is 0. The van der Waals surface area contributed by atoms with Crippen LogP contribution < -0.4 is 0 Å². The molecule has 0 amide bonds. The molecule has 6 N–H and O–H groups in total. The zero-order valence-corrected chi connectivity index (χ0v) is 13.9. The van der Waals surface area contributed by atoms with Gasteiger partial charge >= 0.3 is 0 Å². The van der Waals surface area contributed by atoms with E-state index in [0.29, 0.717) is 11.1 Å². The molecule has 0 heterocycles. The highest BCUT2D eigenvalue weighted by molar-refractivity contribution is 5.52. The lowest BCUT2D eigenvalue weighted by Gasteiger charge is -2.26. The summed E-state index contributed by atoms with van der Waals surface area (Å²) in [5.41, 5.74) is 1.16. The molecule has 0 spiro atoms. The Morgan fingerprint density at radius 1 is 0.577 bits per heavy atom. The first-order valence-electron chi connectivity index (χ1n) is 8.03. The number of hydrogen-bond donors (Lipinski definition) is 6. The maximum Gasteiger partial charge on any atom is 0.139 e. The maximum absolute atomic E-state index is 10.0. The Balaban J connectivity index is 2.08. The molecule has 26 heavy (non-hydrogen) atoms. The molecular formula is C20H22O6. The third kappa shape index (κ3) is 5.18. The van der Waals surface area contributed by atoms with Gasteiger partial charge in [0, 0.05) is 0 Å². The Labute approximate surface area is 151 Å². The molecule has 6 nitrogen and oxygen atoms in total. The van der Waals surface area contributed by atoms with Crippen molar-refractivity contribution in [3.8, 4) is 0 Å². The molecule has 0 aromatic heterocycles. The van der Waals surface area contributed by atoms with Crippen molar-refractivity contribution in [2.24, 2.45) is 0 Å². The van der Waals surface area contributed by atoms with Crippen LogP contribution in [0.2, 0.25) is 0 Å². The van der Waals surface area contributed by atoms with Crippen molar-refractivity contribution >= 4 is 12.2 Å². The second kappa shape index (κ2) is 9.17. The van der Waals surface area contributed by atoms with Gasteiger partial charge in [-0.15, -0.1) is 0 Å². The monoisotopic (exact) mass is 358 g/mol. The molecule has 0 aliphatic rings. The number of aliphatic hydroxyl groups excluding tert-OH is 6. The molecule has 2 rings (SSSR count). The van der Waals surface area contributed by atoms with Crippen LogP contribution in [0.4, 0.5) is 0 Å². The van der Waals surface area contributed by atoms with Gasteiger partial charge in [0.05, 0.1) is 0 Å². The van der Waals surface area contributed by atoms with Gasteiger partial charge in [-0.1, -0.05) is 60.7 Å². The van der Waals surface area contributed by atoms with E-state index in [-0.39, 0.29) is 0 Å². The zero-order chi connectivity index (χ0) is 19.1. The van der Waals surface area contributed by atoms with Crippen molar-refractivity contribution in [2.75, 3.05) is 0 Å². The molecule has 0 unspecified atom stereocenters. The van der Waals surface area contributed by atoms with Gasteiger partial charge in [0.1, 0.15) is 35.9 Å². The van der Waals surface area contributed by atoms with Crippen LogP contribution in [0.1, 0.15) is 11.1 Å². The molecule has 6 heteroatoms. The average Bonchev–Trinajstić information content (AvgIpc) is 2.67. The Morgan fingerprint density at radius 2 is 0.885 bits per heavy atom. The Kier molecular flexibility index (Phi) is 6.94. The quantitative estimate of drug-likeness (QED) is 0.419. The highest BCUT2D eigenvalue weighted by Crippen LogP contribution is 2.17. The summed E-state index contributed by atoms with van der Waals surface area (Å²) in [5, 5.41) is 59.9. The highest BCUT2D eigenvalue weighted by Gasteiger charge is 2.34. The van der Waals surface area contributed by atoms with E-state index in [1.165, 1.54) is 12.2 Å². The molecule has 2 aromatic carbocycles. The minimum atomic E-state index is -1.92. The maximum atomic E-state index is 10.0. The largest absolute Gasteiger partial charge is 0.509 e. The highest BCUT2D eigenvalue weighted by atomic mass is 16.4. The fraction of sp³-hybridized carbons (Fsp3) is 0.200. The number of benzene rings is 2. The number of hydrogen-bond acceptors (Lipinski definition) is 6.